The van der Waals surface area contributed by atoms with Crippen molar-refractivity contribution in [2.75, 3.05) is 32.8 Å². The van der Waals surface area contributed by atoms with Gasteiger partial charge in [0.1, 0.15) is 0 Å². The second kappa shape index (κ2) is 7.73. The molecule has 0 atom stereocenters. The van der Waals surface area contributed by atoms with E-state index in [1.54, 1.807) is 11.3 Å². The van der Waals surface area contributed by atoms with E-state index in [9.17, 15) is 4.79 Å². The summed E-state index contributed by atoms with van der Waals surface area (Å²) in [5.74, 6) is 0.0912. The first kappa shape index (κ1) is 16.9. The Labute approximate surface area is 142 Å². The fourth-order valence-electron chi connectivity index (χ4n) is 3.83. The van der Waals surface area contributed by atoms with Gasteiger partial charge in [-0.3, -0.25) is 9.69 Å². The topological polar surface area (TPSA) is 54.5 Å². The zero-order valence-corrected chi connectivity index (χ0v) is 14.8. The van der Waals surface area contributed by atoms with E-state index < -0.39 is 0 Å². The maximum absolute atomic E-state index is 12.3. The standard InChI is InChI=1S/C17H27N3O2S/c1-14-19-15(12-23-14)11-16(21)18-13-17(5-3-2-4-6-17)20-7-9-22-10-8-20/h12H,2-11,13H2,1H3,(H,18,21). The number of thiazole rings is 1. The molecule has 1 amide bonds. The summed E-state index contributed by atoms with van der Waals surface area (Å²) in [6, 6.07) is 0. The normalized spacial score (nSPS) is 22.0. The van der Waals surface area contributed by atoms with Crippen LogP contribution in [0.1, 0.15) is 42.8 Å². The minimum Gasteiger partial charge on any atom is -0.379 e. The summed E-state index contributed by atoms with van der Waals surface area (Å²) in [6.07, 6.45) is 6.60. The van der Waals surface area contributed by atoms with E-state index in [1.165, 1.54) is 32.1 Å². The van der Waals surface area contributed by atoms with E-state index in [-0.39, 0.29) is 11.4 Å². The molecule has 1 saturated heterocycles. The van der Waals surface area contributed by atoms with Crippen molar-refractivity contribution in [3.05, 3.63) is 16.1 Å². The second-order valence-electron chi connectivity index (χ2n) is 6.70. The van der Waals surface area contributed by atoms with Gasteiger partial charge in [-0.2, -0.15) is 0 Å². The van der Waals surface area contributed by atoms with Gasteiger partial charge in [0.15, 0.2) is 0 Å². The summed E-state index contributed by atoms with van der Waals surface area (Å²) >= 11 is 1.60. The Morgan fingerprint density at radius 3 is 2.74 bits per heavy atom. The molecule has 5 nitrogen and oxygen atoms in total. The van der Waals surface area contributed by atoms with Crippen LogP contribution in [0.25, 0.3) is 0 Å². The number of rotatable bonds is 5. The molecular formula is C17H27N3O2S. The van der Waals surface area contributed by atoms with Gasteiger partial charge in [-0.25, -0.2) is 4.98 Å². The summed E-state index contributed by atoms with van der Waals surface area (Å²) in [5.41, 5.74) is 1.02. The van der Waals surface area contributed by atoms with Crippen LogP contribution in [0, 0.1) is 6.92 Å². The lowest BCUT2D eigenvalue weighted by molar-refractivity contribution is -0.121. The molecule has 1 aliphatic carbocycles. The lowest BCUT2D eigenvalue weighted by atomic mass is 9.79. The Hall–Kier alpha value is -0.980. The highest BCUT2D eigenvalue weighted by atomic mass is 32.1. The Kier molecular flexibility index (Phi) is 5.67. The molecule has 2 aliphatic rings. The first-order valence-corrected chi connectivity index (χ1v) is 9.56. The van der Waals surface area contributed by atoms with Crippen LogP contribution >= 0.6 is 11.3 Å². The van der Waals surface area contributed by atoms with E-state index in [4.69, 9.17) is 4.74 Å². The van der Waals surface area contributed by atoms with Gasteiger partial charge in [0, 0.05) is 30.6 Å². The van der Waals surface area contributed by atoms with Crippen molar-refractivity contribution in [2.45, 2.75) is 51.0 Å². The number of aryl methyl sites for hydroxylation is 1. The number of nitrogens with one attached hydrogen (secondary N) is 1. The lowest BCUT2D eigenvalue weighted by Crippen LogP contribution is -2.59. The van der Waals surface area contributed by atoms with Crippen LogP contribution in [0.5, 0.6) is 0 Å². The van der Waals surface area contributed by atoms with Crippen molar-refractivity contribution >= 4 is 17.2 Å². The van der Waals surface area contributed by atoms with Crippen LogP contribution < -0.4 is 5.32 Å². The number of hydrogen-bond donors (Lipinski definition) is 1. The Bertz CT molecular complexity index is 520. The molecule has 0 aromatic carbocycles. The summed E-state index contributed by atoms with van der Waals surface area (Å²) in [4.78, 5) is 19.2. The summed E-state index contributed by atoms with van der Waals surface area (Å²) in [7, 11) is 0. The Morgan fingerprint density at radius 2 is 2.09 bits per heavy atom. The molecule has 1 aliphatic heterocycles. The van der Waals surface area contributed by atoms with Gasteiger partial charge in [-0.15, -0.1) is 11.3 Å². The van der Waals surface area contributed by atoms with Gasteiger partial charge in [-0.05, 0) is 19.8 Å². The molecule has 1 N–H and O–H groups in total. The van der Waals surface area contributed by atoms with Crippen molar-refractivity contribution in [3.63, 3.8) is 0 Å². The summed E-state index contributed by atoms with van der Waals surface area (Å²) in [6.45, 7) is 6.33. The van der Waals surface area contributed by atoms with Gasteiger partial charge in [0.05, 0.1) is 30.3 Å². The first-order valence-electron chi connectivity index (χ1n) is 8.68. The summed E-state index contributed by atoms with van der Waals surface area (Å²) < 4.78 is 5.51. The third-order valence-electron chi connectivity index (χ3n) is 5.09. The first-order chi connectivity index (χ1) is 11.2. The van der Waals surface area contributed by atoms with Gasteiger partial charge >= 0.3 is 0 Å². The zero-order chi connectivity index (χ0) is 16.1. The minimum absolute atomic E-state index is 0.0912. The fourth-order valence-corrected chi connectivity index (χ4v) is 4.44. The van der Waals surface area contributed by atoms with Gasteiger partial charge in [0.25, 0.3) is 0 Å². The van der Waals surface area contributed by atoms with Crippen molar-refractivity contribution in [1.29, 1.82) is 0 Å². The molecule has 0 radical (unpaired) electrons. The predicted octanol–water partition coefficient (Wildman–Crippen LogP) is 2.15. The highest BCUT2D eigenvalue weighted by Gasteiger charge is 2.38. The largest absolute Gasteiger partial charge is 0.379 e. The van der Waals surface area contributed by atoms with Crippen molar-refractivity contribution in [2.24, 2.45) is 0 Å². The molecule has 1 saturated carbocycles. The quantitative estimate of drug-likeness (QED) is 0.894. The zero-order valence-electron chi connectivity index (χ0n) is 14.0. The highest BCUT2D eigenvalue weighted by molar-refractivity contribution is 7.09. The number of ether oxygens (including phenoxy) is 1. The number of nitrogens with zero attached hydrogens (tertiary/aromatic N) is 2. The molecule has 2 heterocycles. The number of hydrogen-bond acceptors (Lipinski definition) is 5. The molecule has 0 unspecified atom stereocenters. The van der Waals surface area contributed by atoms with E-state index in [0.717, 1.165) is 43.5 Å². The Balaban J connectivity index is 1.58. The average molecular weight is 337 g/mol. The number of aromatic nitrogens is 1. The van der Waals surface area contributed by atoms with Crippen LogP contribution in [-0.2, 0) is 16.0 Å². The maximum atomic E-state index is 12.3. The Morgan fingerprint density at radius 1 is 1.35 bits per heavy atom. The van der Waals surface area contributed by atoms with E-state index >= 15 is 0 Å². The number of carbonyl (C=O) groups excluding carboxylic acids is 1. The molecule has 1 aromatic rings. The van der Waals surface area contributed by atoms with Crippen molar-refractivity contribution in [3.8, 4) is 0 Å². The van der Waals surface area contributed by atoms with E-state index in [0.29, 0.717) is 6.42 Å². The van der Waals surface area contributed by atoms with E-state index in [2.05, 4.69) is 15.2 Å². The third-order valence-corrected chi connectivity index (χ3v) is 5.91. The molecule has 0 bridgehead atoms. The minimum atomic E-state index is 0.0912. The van der Waals surface area contributed by atoms with Crippen LogP contribution in [0.3, 0.4) is 0 Å². The molecular weight excluding hydrogens is 310 g/mol. The van der Waals surface area contributed by atoms with Gasteiger partial charge in [0.2, 0.25) is 5.91 Å². The van der Waals surface area contributed by atoms with Crippen LogP contribution in [-0.4, -0.2) is 54.2 Å². The molecule has 6 heteroatoms. The van der Waals surface area contributed by atoms with Crippen LogP contribution in [0.15, 0.2) is 5.38 Å². The van der Waals surface area contributed by atoms with Crippen molar-refractivity contribution in [1.82, 2.24) is 15.2 Å². The number of amides is 1. The molecule has 3 rings (SSSR count). The number of morpholine rings is 1. The molecule has 0 spiro atoms. The average Bonchev–Trinajstić information content (AvgIpc) is 2.99. The SMILES string of the molecule is Cc1nc(CC(=O)NCC2(N3CCOCC3)CCCCC2)cs1. The second-order valence-corrected chi connectivity index (χ2v) is 7.76. The maximum Gasteiger partial charge on any atom is 0.226 e. The molecule has 23 heavy (non-hydrogen) atoms. The lowest BCUT2D eigenvalue weighted by Gasteiger charge is -2.48. The van der Waals surface area contributed by atoms with E-state index in [1.807, 2.05) is 12.3 Å². The van der Waals surface area contributed by atoms with Crippen LogP contribution in [0.2, 0.25) is 0 Å². The molecule has 128 valence electrons. The smallest absolute Gasteiger partial charge is 0.226 e. The third kappa shape index (κ3) is 4.31. The fraction of sp³-hybridized carbons (Fsp3) is 0.765. The molecule has 1 aromatic heterocycles. The van der Waals surface area contributed by atoms with Crippen LogP contribution in [0.4, 0.5) is 0 Å². The van der Waals surface area contributed by atoms with Gasteiger partial charge < -0.3 is 10.1 Å². The monoisotopic (exact) mass is 337 g/mol. The van der Waals surface area contributed by atoms with Crippen molar-refractivity contribution < 1.29 is 9.53 Å². The summed E-state index contributed by atoms with van der Waals surface area (Å²) in [5, 5.41) is 6.19. The predicted molar refractivity (Wildman–Crippen MR) is 91.8 cm³/mol. The molecule has 2 fully saturated rings. The number of carbonyl (C=O) groups is 1. The highest BCUT2D eigenvalue weighted by Crippen LogP contribution is 2.33. The van der Waals surface area contributed by atoms with Gasteiger partial charge in [-0.1, -0.05) is 19.3 Å².